The molecule has 18 heavy (non-hydrogen) atoms. The van der Waals surface area contributed by atoms with Crippen LogP contribution in [0.2, 0.25) is 0 Å². The SMILES string of the molecule is FC(F)OC1CC2CC(C1)N2.O=C(O)C(F)(F)F. The van der Waals surface area contributed by atoms with Crippen molar-refractivity contribution in [1.82, 2.24) is 5.32 Å². The first-order valence-electron chi connectivity index (χ1n) is 5.18. The van der Waals surface area contributed by atoms with Crippen LogP contribution >= 0.6 is 0 Å². The molecule has 2 heterocycles. The van der Waals surface area contributed by atoms with Gasteiger partial charge in [0, 0.05) is 12.1 Å². The molecule has 3 fully saturated rings. The summed E-state index contributed by atoms with van der Waals surface area (Å²) in [5.74, 6) is -2.76. The number of hydrogen-bond acceptors (Lipinski definition) is 3. The van der Waals surface area contributed by atoms with Gasteiger partial charge in [0.2, 0.25) is 0 Å². The summed E-state index contributed by atoms with van der Waals surface area (Å²) in [5.41, 5.74) is 0. The molecule has 9 heteroatoms. The van der Waals surface area contributed by atoms with E-state index < -0.39 is 18.8 Å². The van der Waals surface area contributed by atoms with Gasteiger partial charge in [-0.25, -0.2) is 4.79 Å². The Morgan fingerprint density at radius 3 is 1.89 bits per heavy atom. The van der Waals surface area contributed by atoms with E-state index in [-0.39, 0.29) is 6.10 Å². The van der Waals surface area contributed by atoms with Gasteiger partial charge in [-0.2, -0.15) is 22.0 Å². The van der Waals surface area contributed by atoms with E-state index in [4.69, 9.17) is 9.90 Å². The molecule has 2 unspecified atom stereocenters. The molecule has 1 saturated carbocycles. The van der Waals surface area contributed by atoms with Crippen LogP contribution in [0.15, 0.2) is 0 Å². The van der Waals surface area contributed by atoms with E-state index in [2.05, 4.69) is 10.1 Å². The number of hydrogen-bond donors (Lipinski definition) is 2. The summed E-state index contributed by atoms with van der Waals surface area (Å²) in [6.07, 6.45) is -2.65. The molecule has 106 valence electrons. The number of carboxylic acid groups (broad SMARTS) is 1. The first-order valence-corrected chi connectivity index (χ1v) is 5.18. The maximum atomic E-state index is 11.7. The summed E-state index contributed by atoms with van der Waals surface area (Å²) in [5, 5.41) is 10.4. The predicted octanol–water partition coefficient (Wildman–Crippen LogP) is 1.75. The van der Waals surface area contributed by atoms with Crippen molar-refractivity contribution in [3.8, 4) is 0 Å². The summed E-state index contributed by atoms with van der Waals surface area (Å²) in [4.78, 5) is 8.90. The Labute approximate surface area is 99.1 Å². The quantitative estimate of drug-likeness (QED) is 0.755. The maximum absolute atomic E-state index is 11.7. The number of alkyl halides is 5. The van der Waals surface area contributed by atoms with E-state index in [1.165, 1.54) is 0 Å². The summed E-state index contributed by atoms with van der Waals surface area (Å²) in [6, 6.07) is 0.884. The highest BCUT2D eigenvalue weighted by Gasteiger charge is 2.39. The Hall–Kier alpha value is -0.960. The molecule has 0 amide bonds. The van der Waals surface area contributed by atoms with Gasteiger partial charge in [0.25, 0.3) is 0 Å². The van der Waals surface area contributed by atoms with Crippen molar-refractivity contribution in [1.29, 1.82) is 0 Å². The van der Waals surface area contributed by atoms with E-state index in [1.807, 2.05) is 0 Å². The molecule has 2 saturated heterocycles. The van der Waals surface area contributed by atoms with Crippen molar-refractivity contribution in [3.05, 3.63) is 0 Å². The van der Waals surface area contributed by atoms with E-state index >= 15 is 0 Å². The van der Waals surface area contributed by atoms with Crippen molar-refractivity contribution >= 4 is 5.97 Å². The largest absolute Gasteiger partial charge is 0.490 e. The van der Waals surface area contributed by atoms with Crippen LogP contribution in [0.3, 0.4) is 0 Å². The van der Waals surface area contributed by atoms with Crippen molar-refractivity contribution in [2.45, 2.75) is 50.2 Å². The molecular weight excluding hydrogens is 265 g/mol. The molecule has 0 aromatic rings. The van der Waals surface area contributed by atoms with Crippen LogP contribution in [0.1, 0.15) is 19.3 Å². The number of aliphatic carboxylic acids is 1. The molecule has 4 nitrogen and oxygen atoms in total. The van der Waals surface area contributed by atoms with Gasteiger partial charge in [-0.1, -0.05) is 0 Å². The zero-order valence-electron chi connectivity index (χ0n) is 9.08. The zero-order valence-corrected chi connectivity index (χ0v) is 9.08. The van der Waals surface area contributed by atoms with E-state index in [1.54, 1.807) is 0 Å². The van der Waals surface area contributed by atoms with Gasteiger partial charge < -0.3 is 15.2 Å². The monoisotopic (exact) mass is 277 g/mol. The van der Waals surface area contributed by atoms with Crippen LogP contribution in [0.5, 0.6) is 0 Å². The number of piperidine rings is 1. The van der Waals surface area contributed by atoms with Gasteiger partial charge in [0.05, 0.1) is 6.10 Å². The fourth-order valence-electron chi connectivity index (χ4n) is 1.97. The number of fused-ring (bicyclic) bond motifs is 2. The fraction of sp³-hybridized carbons (Fsp3) is 0.889. The minimum absolute atomic E-state index is 0.208. The van der Waals surface area contributed by atoms with Crippen LogP contribution in [-0.4, -0.2) is 42.1 Å². The molecule has 0 spiro atoms. The van der Waals surface area contributed by atoms with Crippen molar-refractivity contribution in [2.75, 3.05) is 0 Å². The lowest BCUT2D eigenvalue weighted by molar-refractivity contribution is -0.192. The number of ether oxygens (including phenoxy) is 1. The zero-order chi connectivity index (χ0) is 13.9. The Balaban J connectivity index is 0.000000203. The van der Waals surface area contributed by atoms with Gasteiger partial charge in [0.1, 0.15) is 0 Å². The van der Waals surface area contributed by atoms with Crippen LogP contribution in [0.4, 0.5) is 22.0 Å². The molecule has 3 aliphatic rings. The average Bonchev–Trinajstić information content (AvgIpc) is 2.14. The lowest BCUT2D eigenvalue weighted by Crippen LogP contribution is -2.59. The molecule has 2 aliphatic heterocycles. The highest BCUT2D eigenvalue weighted by Crippen LogP contribution is 2.30. The van der Waals surface area contributed by atoms with E-state index in [9.17, 15) is 22.0 Å². The van der Waals surface area contributed by atoms with Gasteiger partial charge in [-0.05, 0) is 19.3 Å². The molecule has 2 atom stereocenters. The highest BCUT2D eigenvalue weighted by molar-refractivity contribution is 5.73. The van der Waals surface area contributed by atoms with Gasteiger partial charge in [-0.3, -0.25) is 0 Å². The second-order valence-corrected chi connectivity index (χ2v) is 4.09. The number of carbonyl (C=O) groups is 1. The van der Waals surface area contributed by atoms with Crippen LogP contribution < -0.4 is 5.32 Å². The Morgan fingerprint density at radius 2 is 1.61 bits per heavy atom. The number of nitrogens with one attached hydrogen (secondary N) is 1. The van der Waals surface area contributed by atoms with Gasteiger partial charge >= 0.3 is 18.8 Å². The summed E-state index contributed by atoms with van der Waals surface area (Å²) in [6.45, 7) is -2.60. The lowest BCUT2D eigenvalue weighted by atomic mass is 9.81. The Bertz CT molecular complexity index is 278. The molecule has 2 N–H and O–H groups in total. The lowest BCUT2D eigenvalue weighted by Gasteiger charge is -2.46. The number of carboxylic acids is 1. The average molecular weight is 277 g/mol. The predicted molar refractivity (Wildman–Crippen MR) is 49.1 cm³/mol. The van der Waals surface area contributed by atoms with Gasteiger partial charge in [0.15, 0.2) is 0 Å². The molecule has 0 radical (unpaired) electrons. The molecule has 0 aromatic carbocycles. The third-order valence-electron chi connectivity index (χ3n) is 2.67. The third kappa shape index (κ3) is 4.73. The number of halogens is 5. The van der Waals surface area contributed by atoms with Gasteiger partial charge in [-0.15, -0.1) is 0 Å². The Morgan fingerprint density at radius 1 is 1.22 bits per heavy atom. The first-order chi connectivity index (χ1) is 8.18. The van der Waals surface area contributed by atoms with Crippen molar-refractivity contribution in [2.24, 2.45) is 0 Å². The topological polar surface area (TPSA) is 58.6 Å². The van der Waals surface area contributed by atoms with Crippen LogP contribution in [0.25, 0.3) is 0 Å². The van der Waals surface area contributed by atoms with E-state index in [0.717, 1.165) is 19.3 Å². The minimum atomic E-state index is -5.08. The van der Waals surface area contributed by atoms with Crippen LogP contribution in [-0.2, 0) is 9.53 Å². The number of rotatable bonds is 2. The summed E-state index contributed by atoms with van der Waals surface area (Å²) in [7, 11) is 0. The molecule has 1 aliphatic carbocycles. The highest BCUT2D eigenvalue weighted by atomic mass is 19.4. The Kier molecular flexibility index (Phi) is 4.85. The van der Waals surface area contributed by atoms with Crippen LogP contribution in [0, 0.1) is 0 Å². The first kappa shape index (κ1) is 15.1. The normalized spacial score (nSPS) is 30.2. The molecule has 3 rings (SSSR count). The maximum Gasteiger partial charge on any atom is 0.490 e. The smallest absolute Gasteiger partial charge is 0.475 e. The summed E-state index contributed by atoms with van der Waals surface area (Å²) < 4.78 is 59.6. The third-order valence-corrected chi connectivity index (χ3v) is 2.67. The summed E-state index contributed by atoms with van der Waals surface area (Å²) >= 11 is 0. The fourth-order valence-corrected chi connectivity index (χ4v) is 1.97. The second-order valence-electron chi connectivity index (χ2n) is 4.09. The van der Waals surface area contributed by atoms with E-state index in [0.29, 0.717) is 12.1 Å². The molecule has 2 bridgehead atoms. The second kappa shape index (κ2) is 5.79. The van der Waals surface area contributed by atoms with Crippen molar-refractivity contribution < 1.29 is 36.6 Å². The van der Waals surface area contributed by atoms with Crippen molar-refractivity contribution in [3.63, 3.8) is 0 Å². The molecular formula is C9H12F5NO3. The standard InChI is InChI=1S/C7H11F2NO.C2HF3O2/c8-7(9)11-6-2-4-1-5(3-6)10-4;3-2(4,5)1(6)7/h4-7,10H,1-3H2;(H,6,7). The minimum Gasteiger partial charge on any atom is -0.475 e. The molecule has 0 aromatic heterocycles.